The van der Waals surface area contributed by atoms with Crippen LogP contribution in [0.4, 0.5) is 17.5 Å². The maximum atomic E-state index is 5.48. The first kappa shape index (κ1) is 16.5. The predicted octanol–water partition coefficient (Wildman–Crippen LogP) is 3.75. The van der Waals surface area contributed by atoms with Crippen LogP contribution in [0, 0.1) is 0 Å². The van der Waals surface area contributed by atoms with Gasteiger partial charge in [0.1, 0.15) is 5.82 Å². The smallest absolute Gasteiger partial charge is 0.228 e. The molecule has 0 amide bonds. The summed E-state index contributed by atoms with van der Waals surface area (Å²) < 4.78 is 5.48. The lowest BCUT2D eigenvalue weighted by Crippen LogP contribution is -2.37. The van der Waals surface area contributed by atoms with Crippen molar-refractivity contribution >= 4 is 17.5 Å². The van der Waals surface area contributed by atoms with Crippen molar-refractivity contribution in [3.8, 4) is 11.3 Å². The zero-order chi connectivity index (χ0) is 17.8. The number of ether oxygens (including phenoxy) is 1. The van der Waals surface area contributed by atoms with Crippen LogP contribution in [0.3, 0.4) is 0 Å². The normalized spacial score (nSPS) is 14.3. The van der Waals surface area contributed by atoms with Gasteiger partial charge in [-0.25, -0.2) is 4.98 Å². The Morgan fingerprint density at radius 3 is 2.23 bits per heavy atom. The molecule has 2 heterocycles. The Labute approximate surface area is 153 Å². The second kappa shape index (κ2) is 7.54. The molecule has 3 aromatic rings. The maximum Gasteiger partial charge on any atom is 0.228 e. The molecule has 1 aliphatic rings. The van der Waals surface area contributed by atoms with Crippen molar-refractivity contribution < 1.29 is 4.74 Å². The maximum absolute atomic E-state index is 5.48. The van der Waals surface area contributed by atoms with Gasteiger partial charge in [0.2, 0.25) is 5.95 Å². The van der Waals surface area contributed by atoms with Crippen molar-refractivity contribution in [1.82, 2.24) is 9.97 Å². The van der Waals surface area contributed by atoms with Gasteiger partial charge in [-0.3, -0.25) is 0 Å². The zero-order valence-corrected chi connectivity index (χ0v) is 14.9. The molecule has 0 N–H and O–H groups in total. The van der Waals surface area contributed by atoms with Gasteiger partial charge in [-0.1, -0.05) is 48.5 Å². The second-order valence-corrected chi connectivity index (χ2v) is 6.27. The van der Waals surface area contributed by atoms with Crippen LogP contribution < -0.4 is 9.80 Å². The van der Waals surface area contributed by atoms with Crippen LogP contribution in [0.15, 0.2) is 66.7 Å². The molecule has 1 fully saturated rings. The molecule has 0 unspecified atom stereocenters. The fourth-order valence-corrected chi connectivity index (χ4v) is 3.04. The molecule has 1 aliphatic heterocycles. The summed E-state index contributed by atoms with van der Waals surface area (Å²) in [6.07, 6.45) is 0. The molecule has 0 aliphatic carbocycles. The molecule has 0 atom stereocenters. The lowest BCUT2D eigenvalue weighted by Gasteiger charge is -2.28. The highest BCUT2D eigenvalue weighted by molar-refractivity contribution is 5.68. The SMILES string of the molecule is CN(c1ccccc1)c1cc(-c2ccccc2)nc(N2CCOCC2)n1. The summed E-state index contributed by atoms with van der Waals surface area (Å²) >= 11 is 0. The van der Waals surface area contributed by atoms with Gasteiger partial charge in [0.15, 0.2) is 0 Å². The summed E-state index contributed by atoms with van der Waals surface area (Å²) in [5.74, 6) is 1.64. The number of anilines is 3. The third-order valence-corrected chi connectivity index (χ3v) is 4.55. The molecule has 1 aromatic heterocycles. The zero-order valence-electron chi connectivity index (χ0n) is 14.9. The van der Waals surface area contributed by atoms with Crippen LogP contribution >= 0.6 is 0 Å². The van der Waals surface area contributed by atoms with Gasteiger partial charge >= 0.3 is 0 Å². The van der Waals surface area contributed by atoms with Crippen molar-refractivity contribution in [3.05, 3.63) is 66.7 Å². The van der Waals surface area contributed by atoms with Gasteiger partial charge in [0.05, 0.1) is 18.9 Å². The molecular formula is C21H22N4O. The van der Waals surface area contributed by atoms with E-state index in [0.29, 0.717) is 13.2 Å². The third-order valence-electron chi connectivity index (χ3n) is 4.55. The van der Waals surface area contributed by atoms with Gasteiger partial charge in [0, 0.05) is 37.5 Å². The molecule has 5 nitrogen and oxygen atoms in total. The number of hydrogen-bond acceptors (Lipinski definition) is 5. The van der Waals surface area contributed by atoms with Crippen molar-refractivity contribution in [2.24, 2.45) is 0 Å². The quantitative estimate of drug-likeness (QED) is 0.720. The van der Waals surface area contributed by atoms with Gasteiger partial charge in [-0.05, 0) is 12.1 Å². The molecule has 1 saturated heterocycles. The Morgan fingerprint density at radius 1 is 0.885 bits per heavy atom. The molecule has 0 saturated carbocycles. The van der Waals surface area contributed by atoms with E-state index >= 15 is 0 Å². The summed E-state index contributed by atoms with van der Waals surface area (Å²) in [5, 5.41) is 0. The summed E-state index contributed by atoms with van der Waals surface area (Å²) in [5.41, 5.74) is 3.12. The minimum atomic E-state index is 0.711. The van der Waals surface area contributed by atoms with E-state index in [1.807, 2.05) is 49.5 Å². The molecule has 0 spiro atoms. The minimum absolute atomic E-state index is 0.711. The standard InChI is InChI=1S/C21H22N4O/c1-24(18-10-6-3-7-11-18)20-16-19(17-8-4-2-5-9-17)22-21(23-20)25-12-14-26-15-13-25/h2-11,16H,12-15H2,1H3. The molecule has 26 heavy (non-hydrogen) atoms. The summed E-state index contributed by atoms with van der Waals surface area (Å²) in [6.45, 7) is 3.05. The van der Waals surface area contributed by atoms with Crippen LogP contribution in [0.5, 0.6) is 0 Å². The number of benzene rings is 2. The fourth-order valence-electron chi connectivity index (χ4n) is 3.04. The van der Waals surface area contributed by atoms with E-state index in [2.05, 4.69) is 34.1 Å². The minimum Gasteiger partial charge on any atom is -0.378 e. The highest BCUT2D eigenvalue weighted by atomic mass is 16.5. The lowest BCUT2D eigenvalue weighted by molar-refractivity contribution is 0.122. The average Bonchev–Trinajstić information content (AvgIpc) is 2.75. The first-order chi connectivity index (χ1) is 12.8. The van der Waals surface area contributed by atoms with Crippen LogP contribution in [0.25, 0.3) is 11.3 Å². The monoisotopic (exact) mass is 346 g/mol. The Hall–Kier alpha value is -2.92. The number of rotatable bonds is 4. The first-order valence-electron chi connectivity index (χ1n) is 8.87. The van der Waals surface area contributed by atoms with Crippen molar-refractivity contribution in [3.63, 3.8) is 0 Å². The number of aromatic nitrogens is 2. The van der Waals surface area contributed by atoms with E-state index in [0.717, 1.165) is 41.8 Å². The number of para-hydroxylation sites is 1. The Bertz CT molecular complexity index is 848. The van der Waals surface area contributed by atoms with E-state index in [9.17, 15) is 0 Å². The number of hydrogen-bond donors (Lipinski definition) is 0. The Morgan fingerprint density at radius 2 is 1.54 bits per heavy atom. The van der Waals surface area contributed by atoms with E-state index in [-0.39, 0.29) is 0 Å². The molecule has 0 bridgehead atoms. The predicted molar refractivity (Wildman–Crippen MR) is 105 cm³/mol. The highest BCUT2D eigenvalue weighted by Crippen LogP contribution is 2.28. The Kier molecular flexibility index (Phi) is 4.80. The highest BCUT2D eigenvalue weighted by Gasteiger charge is 2.18. The van der Waals surface area contributed by atoms with Crippen molar-refractivity contribution in [2.45, 2.75) is 0 Å². The van der Waals surface area contributed by atoms with Gasteiger partial charge in [-0.2, -0.15) is 4.98 Å². The number of nitrogens with zero attached hydrogens (tertiary/aromatic N) is 4. The van der Waals surface area contributed by atoms with E-state index < -0.39 is 0 Å². The molecule has 2 aromatic carbocycles. The van der Waals surface area contributed by atoms with Crippen LogP contribution in [-0.2, 0) is 4.74 Å². The summed E-state index contributed by atoms with van der Waals surface area (Å²) in [7, 11) is 2.04. The second-order valence-electron chi connectivity index (χ2n) is 6.27. The first-order valence-corrected chi connectivity index (χ1v) is 8.87. The van der Waals surface area contributed by atoms with Crippen molar-refractivity contribution in [2.75, 3.05) is 43.2 Å². The van der Waals surface area contributed by atoms with Crippen molar-refractivity contribution in [1.29, 1.82) is 0 Å². The third kappa shape index (κ3) is 3.53. The summed E-state index contributed by atoms with van der Waals surface area (Å²) in [6, 6.07) is 22.6. The van der Waals surface area contributed by atoms with E-state index in [1.54, 1.807) is 0 Å². The number of morpholine rings is 1. The molecule has 5 heteroatoms. The van der Waals surface area contributed by atoms with Crippen LogP contribution in [-0.4, -0.2) is 43.3 Å². The molecule has 4 rings (SSSR count). The van der Waals surface area contributed by atoms with Gasteiger partial charge < -0.3 is 14.5 Å². The summed E-state index contributed by atoms with van der Waals surface area (Å²) in [4.78, 5) is 14.0. The average molecular weight is 346 g/mol. The largest absolute Gasteiger partial charge is 0.378 e. The fraction of sp³-hybridized carbons (Fsp3) is 0.238. The molecule has 132 valence electrons. The van der Waals surface area contributed by atoms with Gasteiger partial charge in [0.25, 0.3) is 0 Å². The van der Waals surface area contributed by atoms with E-state index in [1.165, 1.54) is 0 Å². The topological polar surface area (TPSA) is 41.5 Å². The van der Waals surface area contributed by atoms with E-state index in [4.69, 9.17) is 14.7 Å². The Balaban J connectivity index is 1.77. The molecule has 0 radical (unpaired) electrons. The molecular weight excluding hydrogens is 324 g/mol. The van der Waals surface area contributed by atoms with Crippen LogP contribution in [0.1, 0.15) is 0 Å². The lowest BCUT2D eigenvalue weighted by atomic mass is 10.1. The van der Waals surface area contributed by atoms with Gasteiger partial charge in [-0.15, -0.1) is 0 Å². The van der Waals surface area contributed by atoms with Crippen LogP contribution in [0.2, 0.25) is 0 Å².